The van der Waals surface area contributed by atoms with Gasteiger partial charge in [0.15, 0.2) is 0 Å². The molecule has 0 amide bonds. The third-order valence-corrected chi connectivity index (χ3v) is 19.5. The summed E-state index contributed by atoms with van der Waals surface area (Å²) in [6.45, 7) is 4.73. The van der Waals surface area contributed by atoms with Crippen molar-refractivity contribution < 1.29 is 0 Å². The van der Waals surface area contributed by atoms with Crippen molar-refractivity contribution in [1.29, 1.82) is 0 Å². The van der Waals surface area contributed by atoms with Crippen LogP contribution < -0.4 is 5.30 Å². The molecular weight excluding hydrogens is 518 g/mol. The molecule has 3 aromatic carbocycles. The molecule has 0 radical (unpaired) electrons. The lowest BCUT2D eigenvalue weighted by molar-refractivity contribution is 0.508. The van der Waals surface area contributed by atoms with Gasteiger partial charge in [-0.1, -0.05) is 137 Å². The van der Waals surface area contributed by atoms with Crippen LogP contribution >= 0.6 is 15.2 Å². The molecule has 0 spiro atoms. The third kappa shape index (κ3) is 6.10. The summed E-state index contributed by atoms with van der Waals surface area (Å²) in [4.78, 5) is 0. The van der Waals surface area contributed by atoms with Crippen LogP contribution in [0.25, 0.3) is 16.7 Å². The van der Waals surface area contributed by atoms with E-state index in [1.807, 2.05) is 0 Å². The monoisotopic (exact) mass is 564 g/mol. The lowest BCUT2D eigenvalue weighted by Crippen LogP contribution is -2.26. The first-order valence-electron chi connectivity index (χ1n) is 15.9. The van der Waals surface area contributed by atoms with E-state index in [0.29, 0.717) is 5.66 Å². The number of hydrogen-bond donors (Lipinski definition) is 0. The normalized spacial score (nSPS) is 22.3. The van der Waals surface area contributed by atoms with Crippen molar-refractivity contribution in [3.8, 4) is 11.1 Å². The highest BCUT2D eigenvalue weighted by Crippen LogP contribution is 2.80. The highest BCUT2D eigenvalue weighted by Gasteiger charge is 2.42. The maximum Gasteiger partial charge on any atom is 0.0129 e. The van der Waals surface area contributed by atoms with Gasteiger partial charge in [-0.05, 0) is 104 Å². The van der Waals surface area contributed by atoms with Crippen LogP contribution in [0.15, 0.2) is 96.6 Å². The fourth-order valence-corrected chi connectivity index (χ4v) is 19.3. The maximum absolute atomic E-state index is 2.57. The van der Waals surface area contributed by atoms with Gasteiger partial charge in [0.05, 0.1) is 0 Å². The smallest absolute Gasteiger partial charge is 0.0129 e. The molecule has 0 saturated heterocycles. The largest absolute Gasteiger partial charge is 0.0833 e. The van der Waals surface area contributed by atoms with Gasteiger partial charge in [-0.2, -0.15) is 0 Å². The molecule has 0 aromatic heterocycles. The molecule has 0 heterocycles. The van der Waals surface area contributed by atoms with Crippen molar-refractivity contribution in [2.45, 2.75) is 101 Å². The summed E-state index contributed by atoms with van der Waals surface area (Å²) in [6.07, 6.45) is 20.6. The first kappa shape index (κ1) is 28.1. The Morgan fingerprint density at radius 3 is 1.88 bits per heavy atom. The molecule has 3 aromatic rings. The zero-order valence-corrected chi connectivity index (χ0v) is 26.4. The molecule has 1 unspecified atom stereocenters. The first-order valence-corrected chi connectivity index (χ1v) is 19.5. The molecule has 3 atom stereocenters. The average molecular weight is 565 g/mol. The maximum atomic E-state index is 2.57. The Labute approximate surface area is 245 Å². The van der Waals surface area contributed by atoms with E-state index in [0.717, 1.165) is 11.3 Å². The van der Waals surface area contributed by atoms with Crippen molar-refractivity contribution in [2.24, 2.45) is 0 Å². The Bertz CT molecular complexity index is 1310. The van der Waals surface area contributed by atoms with Gasteiger partial charge in [0.1, 0.15) is 0 Å². The van der Waals surface area contributed by atoms with Crippen LogP contribution in [0.1, 0.15) is 88.7 Å². The minimum atomic E-state index is -0.213. The van der Waals surface area contributed by atoms with Crippen LogP contribution in [0.4, 0.5) is 0 Å². The number of aryl methyl sites for hydroxylation is 1. The number of rotatable bonds is 7. The second-order valence-electron chi connectivity index (χ2n) is 12.3. The first-order chi connectivity index (χ1) is 19.7. The van der Waals surface area contributed by atoms with E-state index in [9.17, 15) is 0 Å². The second kappa shape index (κ2) is 13.3. The Balaban J connectivity index is 1.46. The molecule has 40 heavy (non-hydrogen) atoms. The van der Waals surface area contributed by atoms with E-state index in [-0.39, 0.29) is 15.2 Å². The van der Waals surface area contributed by atoms with Crippen LogP contribution in [0.2, 0.25) is 0 Å². The summed E-state index contributed by atoms with van der Waals surface area (Å²) in [5, 5.41) is 1.70. The summed E-state index contributed by atoms with van der Waals surface area (Å²) in [5.74, 6) is 0. The minimum Gasteiger partial charge on any atom is -0.0833 e. The summed E-state index contributed by atoms with van der Waals surface area (Å²) >= 11 is 0. The fraction of sp³-hybridized carbons (Fsp3) is 0.421. The quantitative estimate of drug-likeness (QED) is 0.250. The standard InChI is InChI=1S/C38H46P2/c1-29-15-12-13-23-36(29)38-30(2)16-14-24-37(38)40(34-21-10-5-11-22-34)39(33-19-8-4-9-20-33)35-27-25-32(26-28-35)31-17-6-3-7-18-31/h3,6-7,12-18,23,25-28,33-34,37H,4-5,8-11,19-22,24H2,1-2H3/t37?,39-,40-/m0/s1. The van der Waals surface area contributed by atoms with Gasteiger partial charge in [-0.25, -0.2) is 0 Å². The van der Waals surface area contributed by atoms with Crippen LogP contribution in [-0.4, -0.2) is 17.0 Å². The Kier molecular flexibility index (Phi) is 9.37. The Hall–Kier alpha value is -2.00. The highest BCUT2D eigenvalue weighted by molar-refractivity contribution is 8.33. The molecular formula is C38H46P2. The fourth-order valence-electron chi connectivity index (χ4n) is 7.57. The van der Waals surface area contributed by atoms with E-state index in [4.69, 9.17) is 0 Å². The predicted molar refractivity (Wildman–Crippen MR) is 180 cm³/mol. The summed E-state index contributed by atoms with van der Waals surface area (Å²) in [7, 11) is -0.383. The van der Waals surface area contributed by atoms with Gasteiger partial charge in [0.2, 0.25) is 0 Å². The van der Waals surface area contributed by atoms with Gasteiger partial charge >= 0.3 is 0 Å². The summed E-state index contributed by atoms with van der Waals surface area (Å²) < 4.78 is 0. The Morgan fingerprint density at radius 1 is 0.600 bits per heavy atom. The van der Waals surface area contributed by atoms with Crippen LogP contribution in [0, 0.1) is 6.92 Å². The predicted octanol–water partition coefficient (Wildman–Crippen LogP) is 11.6. The van der Waals surface area contributed by atoms with Gasteiger partial charge in [0.25, 0.3) is 0 Å². The summed E-state index contributed by atoms with van der Waals surface area (Å²) in [5.41, 5.74) is 11.4. The van der Waals surface area contributed by atoms with Gasteiger partial charge in [-0.15, -0.1) is 0 Å². The lowest BCUT2D eigenvalue weighted by atomic mass is 9.89. The molecule has 0 bridgehead atoms. The summed E-state index contributed by atoms with van der Waals surface area (Å²) in [6, 6.07) is 30.2. The SMILES string of the molecule is CC1=C(c2ccccc2C)C([P@](C2CCCCC2)[P@](c2ccc(-c3ccccc3)cc2)C2CCCCC2)CC=C1. The number of hydrogen-bond acceptors (Lipinski definition) is 0. The molecule has 2 heteroatoms. The zero-order chi connectivity index (χ0) is 27.3. The Morgan fingerprint density at radius 2 is 1.20 bits per heavy atom. The second-order valence-corrected chi connectivity index (χ2v) is 19.0. The van der Waals surface area contributed by atoms with Gasteiger partial charge in [-0.3, -0.25) is 0 Å². The van der Waals surface area contributed by atoms with E-state index in [1.165, 1.54) is 98.5 Å². The van der Waals surface area contributed by atoms with E-state index in [2.05, 4.69) is 105 Å². The average Bonchev–Trinajstić information content (AvgIpc) is 3.02. The number of allylic oxidation sites excluding steroid dienone is 4. The molecule has 6 rings (SSSR count). The van der Waals surface area contributed by atoms with Crippen molar-refractivity contribution in [2.75, 3.05) is 0 Å². The van der Waals surface area contributed by atoms with E-state index in [1.54, 1.807) is 10.9 Å². The molecule has 3 aliphatic rings. The molecule has 0 N–H and O–H groups in total. The zero-order valence-electron chi connectivity index (χ0n) is 24.6. The van der Waals surface area contributed by atoms with E-state index < -0.39 is 0 Å². The third-order valence-electron chi connectivity index (χ3n) is 9.60. The molecule has 0 nitrogen and oxygen atoms in total. The topological polar surface area (TPSA) is 0 Å². The highest BCUT2D eigenvalue weighted by atomic mass is 32.1. The van der Waals surface area contributed by atoms with Crippen molar-refractivity contribution in [1.82, 2.24) is 0 Å². The molecule has 2 saturated carbocycles. The van der Waals surface area contributed by atoms with E-state index >= 15 is 0 Å². The minimum absolute atomic E-state index is 0.170. The van der Waals surface area contributed by atoms with Crippen LogP contribution in [0.3, 0.4) is 0 Å². The van der Waals surface area contributed by atoms with Crippen molar-refractivity contribution >= 4 is 26.1 Å². The molecule has 2 fully saturated rings. The van der Waals surface area contributed by atoms with Gasteiger partial charge < -0.3 is 0 Å². The van der Waals surface area contributed by atoms with Crippen molar-refractivity contribution in [3.63, 3.8) is 0 Å². The lowest BCUT2D eigenvalue weighted by Gasteiger charge is -2.47. The van der Waals surface area contributed by atoms with Crippen LogP contribution in [-0.2, 0) is 0 Å². The molecule has 0 aliphatic heterocycles. The van der Waals surface area contributed by atoms with Gasteiger partial charge in [0, 0.05) is 5.66 Å². The molecule has 3 aliphatic carbocycles. The molecule has 208 valence electrons. The number of benzene rings is 3. The van der Waals surface area contributed by atoms with Crippen molar-refractivity contribution in [3.05, 3.63) is 108 Å². The van der Waals surface area contributed by atoms with Crippen LogP contribution in [0.5, 0.6) is 0 Å².